The molecular weight excluding hydrogens is 394 g/mol. The number of fused-ring (bicyclic) bond motifs is 1. The Morgan fingerprint density at radius 2 is 1.77 bits per heavy atom. The van der Waals surface area contributed by atoms with E-state index in [0.717, 1.165) is 37.0 Å². The van der Waals surface area contributed by atoms with Gasteiger partial charge in [-0.15, -0.1) is 0 Å². The predicted octanol–water partition coefficient (Wildman–Crippen LogP) is 4.40. The lowest BCUT2D eigenvalue weighted by molar-refractivity contribution is 0.0523. The summed E-state index contributed by atoms with van der Waals surface area (Å²) in [4.78, 5) is 27.0. The fourth-order valence-corrected chi connectivity index (χ4v) is 3.95. The Labute approximate surface area is 181 Å². The number of furan rings is 1. The summed E-state index contributed by atoms with van der Waals surface area (Å²) in [5.74, 6) is 0.282. The van der Waals surface area contributed by atoms with Crippen molar-refractivity contribution in [3.05, 3.63) is 65.9 Å². The Bertz CT molecular complexity index is 1040. The Kier molecular flexibility index (Phi) is 6.52. The zero-order valence-corrected chi connectivity index (χ0v) is 17.6. The van der Waals surface area contributed by atoms with Crippen molar-refractivity contribution in [2.24, 2.45) is 0 Å². The summed E-state index contributed by atoms with van der Waals surface area (Å²) in [5, 5.41) is 6.68. The first-order valence-corrected chi connectivity index (χ1v) is 10.7. The summed E-state index contributed by atoms with van der Waals surface area (Å²) < 4.78 is 11.3. The van der Waals surface area contributed by atoms with E-state index in [4.69, 9.17) is 9.15 Å². The van der Waals surface area contributed by atoms with Crippen LogP contribution in [0, 0.1) is 0 Å². The highest BCUT2D eigenvalue weighted by molar-refractivity contribution is 6.04. The van der Waals surface area contributed by atoms with E-state index in [-0.39, 0.29) is 18.0 Å². The fraction of sp³-hybridized carbons (Fsp3) is 0.333. The highest BCUT2D eigenvalue weighted by Gasteiger charge is 2.26. The first-order chi connectivity index (χ1) is 15.1. The molecule has 1 aliphatic rings. The number of hydrogen-bond donors (Lipinski definition) is 2. The lowest BCUT2D eigenvalue weighted by atomic mass is 10.0. The van der Waals surface area contributed by atoms with Crippen LogP contribution < -0.4 is 10.6 Å². The lowest BCUT2D eigenvalue weighted by Gasteiger charge is -2.31. The molecular formula is C24H27N3O4. The van der Waals surface area contributed by atoms with Crippen molar-refractivity contribution in [3.63, 3.8) is 0 Å². The normalized spacial score (nSPS) is 15.0. The Balaban J connectivity index is 1.36. The number of likely N-dealkylation sites (tertiary alicyclic amines) is 1. The van der Waals surface area contributed by atoms with Crippen LogP contribution in [0.25, 0.3) is 11.0 Å². The van der Waals surface area contributed by atoms with Crippen LogP contribution in [-0.2, 0) is 11.3 Å². The molecule has 7 nitrogen and oxygen atoms in total. The van der Waals surface area contributed by atoms with E-state index >= 15 is 0 Å². The van der Waals surface area contributed by atoms with E-state index < -0.39 is 0 Å². The van der Waals surface area contributed by atoms with E-state index in [1.54, 1.807) is 6.92 Å². The molecule has 0 bridgehead atoms. The number of anilines is 1. The molecule has 2 heterocycles. The topological polar surface area (TPSA) is 83.8 Å². The average molecular weight is 421 g/mol. The zero-order valence-electron chi connectivity index (χ0n) is 17.6. The maximum Gasteiger partial charge on any atom is 0.342 e. The Morgan fingerprint density at radius 1 is 1.06 bits per heavy atom. The standard InChI is InChI=1S/C24H27N3O4/c1-2-30-23(28)22-19-10-6-7-11-20(19)31-21(22)16-27-14-12-18(13-15-27)26-24(29)25-17-8-4-3-5-9-17/h3-11,18H,2,12-16H2,1H3,(H2,25,26,29). The number of ether oxygens (including phenoxy) is 1. The van der Waals surface area contributed by atoms with Crippen LogP contribution in [0.4, 0.5) is 10.5 Å². The minimum absolute atomic E-state index is 0.111. The van der Waals surface area contributed by atoms with Crippen molar-refractivity contribution < 1.29 is 18.7 Å². The maximum absolute atomic E-state index is 12.6. The van der Waals surface area contributed by atoms with Crippen LogP contribution in [0.2, 0.25) is 0 Å². The molecule has 3 aromatic rings. The van der Waals surface area contributed by atoms with Gasteiger partial charge in [-0.3, -0.25) is 4.90 Å². The van der Waals surface area contributed by atoms with Gasteiger partial charge in [0, 0.05) is 30.2 Å². The first kappa shape index (κ1) is 20.9. The molecule has 0 atom stereocenters. The van der Waals surface area contributed by atoms with Gasteiger partial charge in [-0.1, -0.05) is 36.4 Å². The molecule has 7 heteroatoms. The van der Waals surface area contributed by atoms with Gasteiger partial charge >= 0.3 is 12.0 Å². The Morgan fingerprint density at radius 3 is 2.52 bits per heavy atom. The van der Waals surface area contributed by atoms with Gasteiger partial charge in [0.05, 0.1) is 13.2 Å². The molecule has 4 rings (SSSR count). The minimum Gasteiger partial charge on any atom is -0.462 e. The number of urea groups is 1. The van der Waals surface area contributed by atoms with Gasteiger partial charge in [-0.25, -0.2) is 9.59 Å². The fourth-order valence-electron chi connectivity index (χ4n) is 3.95. The summed E-state index contributed by atoms with van der Waals surface area (Å²) in [7, 11) is 0. The van der Waals surface area contributed by atoms with Crippen LogP contribution in [0.15, 0.2) is 59.0 Å². The first-order valence-electron chi connectivity index (χ1n) is 10.7. The minimum atomic E-state index is -0.350. The molecule has 0 radical (unpaired) electrons. The number of para-hydroxylation sites is 2. The highest BCUT2D eigenvalue weighted by Crippen LogP contribution is 2.28. The summed E-state index contributed by atoms with van der Waals surface area (Å²) in [6, 6.07) is 16.9. The van der Waals surface area contributed by atoms with Crippen LogP contribution in [-0.4, -0.2) is 42.6 Å². The van der Waals surface area contributed by atoms with Crippen molar-refractivity contribution in [2.75, 3.05) is 25.0 Å². The second kappa shape index (κ2) is 9.66. The number of rotatable bonds is 6. The molecule has 0 saturated carbocycles. The summed E-state index contributed by atoms with van der Waals surface area (Å²) >= 11 is 0. The van der Waals surface area contributed by atoms with Gasteiger partial charge in [0.2, 0.25) is 0 Å². The second-order valence-corrected chi connectivity index (χ2v) is 7.63. The zero-order chi connectivity index (χ0) is 21.6. The summed E-state index contributed by atoms with van der Waals surface area (Å²) in [5.41, 5.74) is 1.98. The molecule has 1 aliphatic heterocycles. The SMILES string of the molecule is CCOC(=O)c1c(CN2CCC(NC(=O)Nc3ccccc3)CC2)oc2ccccc12. The summed E-state index contributed by atoms with van der Waals surface area (Å²) in [6.45, 7) is 4.25. The van der Waals surface area contributed by atoms with E-state index in [9.17, 15) is 9.59 Å². The van der Waals surface area contributed by atoms with Crippen LogP contribution in [0.5, 0.6) is 0 Å². The lowest BCUT2D eigenvalue weighted by Crippen LogP contribution is -2.45. The van der Waals surface area contributed by atoms with Crippen molar-refractivity contribution >= 4 is 28.7 Å². The van der Waals surface area contributed by atoms with Gasteiger partial charge in [-0.05, 0) is 38.0 Å². The number of piperidine rings is 1. The third-order valence-corrected chi connectivity index (χ3v) is 5.47. The molecule has 0 unspecified atom stereocenters. The van der Waals surface area contributed by atoms with Gasteiger partial charge in [-0.2, -0.15) is 0 Å². The van der Waals surface area contributed by atoms with Crippen LogP contribution in [0.3, 0.4) is 0 Å². The monoisotopic (exact) mass is 421 g/mol. The van der Waals surface area contributed by atoms with E-state index in [2.05, 4.69) is 15.5 Å². The van der Waals surface area contributed by atoms with Gasteiger partial charge in [0.15, 0.2) is 0 Å². The van der Waals surface area contributed by atoms with E-state index in [0.29, 0.717) is 30.1 Å². The molecule has 0 spiro atoms. The number of esters is 1. The second-order valence-electron chi connectivity index (χ2n) is 7.63. The quantitative estimate of drug-likeness (QED) is 0.577. The number of nitrogens with zero attached hydrogens (tertiary/aromatic N) is 1. The maximum atomic E-state index is 12.6. The van der Waals surface area contributed by atoms with Gasteiger partial charge in [0.25, 0.3) is 0 Å². The molecule has 1 aromatic heterocycles. The third kappa shape index (κ3) is 5.06. The van der Waals surface area contributed by atoms with Crippen LogP contribution in [0.1, 0.15) is 35.9 Å². The van der Waals surface area contributed by atoms with Crippen molar-refractivity contribution in [2.45, 2.75) is 32.4 Å². The van der Waals surface area contributed by atoms with Crippen molar-refractivity contribution in [1.29, 1.82) is 0 Å². The third-order valence-electron chi connectivity index (χ3n) is 5.47. The molecule has 1 fully saturated rings. The number of amides is 2. The summed E-state index contributed by atoms with van der Waals surface area (Å²) in [6.07, 6.45) is 1.66. The predicted molar refractivity (Wildman–Crippen MR) is 119 cm³/mol. The average Bonchev–Trinajstić information content (AvgIpc) is 3.14. The number of carbonyl (C=O) groups is 2. The molecule has 2 amide bonds. The number of benzene rings is 2. The highest BCUT2D eigenvalue weighted by atomic mass is 16.5. The van der Waals surface area contributed by atoms with Gasteiger partial charge in [0.1, 0.15) is 16.9 Å². The number of carbonyl (C=O) groups excluding carboxylic acids is 2. The van der Waals surface area contributed by atoms with Gasteiger partial charge < -0.3 is 19.8 Å². The largest absolute Gasteiger partial charge is 0.462 e. The number of nitrogens with one attached hydrogen (secondary N) is 2. The molecule has 2 aromatic carbocycles. The van der Waals surface area contributed by atoms with E-state index in [1.165, 1.54) is 0 Å². The molecule has 0 aliphatic carbocycles. The Hall–Kier alpha value is -3.32. The van der Waals surface area contributed by atoms with Crippen LogP contribution >= 0.6 is 0 Å². The van der Waals surface area contributed by atoms with Crippen molar-refractivity contribution in [1.82, 2.24) is 10.2 Å². The van der Waals surface area contributed by atoms with Crippen molar-refractivity contribution in [3.8, 4) is 0 Å². The number of hydrogen-bond acceptors (Lipinski definition) is 5. The van der Waals surface area contributed by atoms with E-state index in [1.807, 2.05) is 54.6 Å². The molecule has 2 N–H and O–H groups in total. The molecule has 1 saturated heterocycles. The molecule has 31 heavy (non-hydrogen) atoms. The molecule has 162 valence electrons. The smallest absolute Gasteiger partial charge is 0.342 e.